The van der Waals surface area contributed by atoms with Crippen LogP contribution in [0.3, 0.4) is 0 Å². The topological polar surface area (TPSA) is 73.6 Å². The second-order valence-electron chi connectivity index (χ2n) is 6.00. The summed E-state index contributed by atoms with van der Waals surface area (Å²) < 4.78 is 24.5. The van der Waals surface area contributed by atoms with Crippen molar-refractivity contribution in [3.63, 3.8) is 0 Å². The third-order valence-electron chi connectivity index (χ3n) is 4.15. The van der Waals surface area contributed by atoms with Crippen LogP contribution in [-0.2, 0) is 4.79 Å². The van der Waals surface area contributed by atoms with E-state index in [-0.39, 0.29) is 18.3 Å². The number of nitrogens with one attached hydrogen (secondary N) is 1. The summed E-state index contributed by atoms with van der Waals surface area (Å²) in [6.45, 7) is 1.96. The van der Waals surface area contributed by atoms with E-state index in [1.165, 1.54) is 25.3 Å². The summed E-state index contributed by atoms with van der Waals surface area (Å²) in [5.74, 6) is 0.394. The smallest absolute Gasteiger partial charge is 0.237 e. The summed E-state index contributed by atoms with van der Waals surface area (Å²) in [5, 5.41) is 2.92. The molecule has 148 valence electrons. The molecule has 0 aliphatic carbocycles. The maximum atomic E-state index is 13.9. The van der Waals surface area contributed by atoms with E-state index < -0.39 is 17.9 Å². The first-order valence-corrected chi connectivity index (χ1v) is 8.53. The molecule has 1 amide bonds. The maximum Gasteiger partial charge on any atom is 0.237 e. The van der Waals surface area contributed by atoms with Gasteiger partial charge in [-0.3, -0.25) is 4.79 Å². The highest BCUT2D eigenvalue weighted by Crippen LogP contribution is 2.32. The van der Waals surface area contributed by atoms with Gasteiger partial charge in [0.1, 0.15) is 17.3 Å². The quantitative estimate of drug-likeness (QED) is 0.715. The number of halogens is 2. The Morgan fingerprint density at radius 3 is 2.56 bits per heavy atom. The normalized spacial score (nSPS) is 12.5. The van der Waals surface area contributed by atoms with Crippen molar-refractivity contribution < 1.29 is 18.7 Å². The molecule has 0 bridgehead atoms. The van der Waals surface area contributed by atoms with Gasteiger partial charge in [-0.2, -0.15) is 0 Å². The second kappa shape index (κ2) is 10.7. The fraction of sp³-hybridized carbons (Fsp3) is 0.350. The average molecular weight is 397 g/mol. The highest BCUT2D eigenvalue weighted by molar-refractivity contribution is 5.85. The summed E-state index contributed by atoms with van der Waals surface area (Å²) in [6, 6.07) is 10.2. The van der Waals surface area contributed by atoms with E-state index in [1.807, 2.05) is 19.1 Å². The van der Waals surface area contributed by atoms with Crippen molar-refractivity contribution in [2.45, 2.75) is 31.8 Å². The number of hydrogen-bond acceptors (Lipinski definition) is 4. The number of methoxy groups -OCH3 is 2. The molecule has 5 nitrogen and oxygen atoms in total. The van der Waals surface area contributed by atoms with E-state index in [2.05, 4.69) is 5.32 Å². The molecule has 27 heavy (non-hydrogen) atoms. The van der Waals surface area contributed by atoms with Crippen LogP contribution in [0.5, 0.6) is 11.5 Å². The lowest BCUT2D eigenvalue weighted by atomic mass is 9.96. The Bertz CT molecular complexity index is 758. The molecule has 2 aromatic carbocycles. The predicted molar refractivity (Wildman–Crippen MR) is 106 cm³/mol. The van der Waals surface area contributed by atoms with Crippen molar-refractivity contribution in [1.82, 2.24) is 5.32 Å². The Hall–Kier alpha value is -2.31. The van der Waals surface area contributed by atoms with Crippen LogP contribution < -0.4 is 20.5 Å². The first kappa shape index (κ1) is 22.7. The lowest BCUT2D eigenvalue weighted by molar-refractivity contribution is -0.123. The summed E-state index contributed by atoms with van der Waals surface area (Å²) in [7, 11) is 3.07. The van der Waals surface area contributed by atoms with E-state index in [0.717, 1.165) is 12.0 Å². The Labute approximate surface area is 165 Å². The Morgan fingerprint density at radius 1 is 1.19 bits per heavy atom. The molecular weight excluding hydrogens is 371 g/mol. The number of amides is 1. The SMILES string of the molecule is CCCC(N)C(=O)NC(c1cccc(OC)c1)c1cc(F)ccc1OC.Cl. The minimum atomic E-state index is -0.632. The number of nitrogens with two attached hydrogens (primary N) is 1. The van der Waals surface area contributed by atoms with Crippen LogP contribution in [0.15, 0.2) is 42.5 Å². The fourth-order valence-corrected chi connectivity index (χ4v) is 2.78. The van der Waals surface area contributed by atoms with Gasteiger partial charge >= 0.3 is 0 Å². The van der Waals surface area contributed by atoms with Crippen molar-refractivity contribution in [1.29, 1.82) is 0 Å². The van der Waals surface area contributed by atoms with Gasteiger partial charge in [-0.05, 0) is 42.3 Å². The molecule has 2 aromatic rings. The van der Waals surface area contributed by atoms with Crippen LogP contribution >= 0.6 is 12.4 Å². The molecule has 0 aromatic heterocycles. The minimum Gasteiger partial charge on any atom is -0.497 e. The van der Waals surface area contributed by atoms with E-state index in [1.54, 1.807) is 19.2 Å². The van der Waals surface area contributed by atoms with Gasteiger partial charge in [0.25, 0.3) is 0 Å². The van der Waals surface area contributed by atoms with Gasteiger partial charge in [0.05, 0.1) is 26.3 Å². The van der Waals surface area contributed by atoms with Crippen LogP contribution in [0.2, 0.25) is 0 Å². The zero-order valence-electron chi connectivity index (χ0n) is 15.7. The van der Waals surface area contributed by atoms with Crippen molar-refractivity contribution >= 4 is 18.3 Å². The lowest BCUT2D eigenvalue weighted by Gasteiger charge is -2.24. The van der Waals surface area contributed by atoms with Crippen LogP contribution in [0.25, 0.3) is 0 Å². The Balaban J connectivity index is 0.00000364. The summed E-state index contributed by atoms with van der Waals surface area (Å²) >= 11 is 0. The number of hydrogen-bond donors (Lipinski definition) is 2. The third-order valence-corrected chi connectivity index (χ3v) is 4.15. The molecule has 0 spiro atoms. The molecule has 0 aliphatic heterocycles. The van der Waals surface area contributed by atoms with Gasteiger partial charge in [-0.15, -0.1) is 12.4 Å². The van der Waals surface area contributed by atoms with E-state index >= 15 is 0 Å². The molecule has 0 radical (unpaired) electrons. The number of carbonyl (C=O) groups is 1. The molecule has 2 rings (SSSR count). The maximum absolute atomic E-state index is 13.9. The molecule has 0 heterocycles. The van der Waals surface area contributed by atoms with E-state index in [4.69, 9.17) is 15.2 Å². The number of rotatable bonds is 8. The number of benzene rings is 2. The molecule has 2 atom stereocenters. The van der Waals surface area contributed by atoms with Crippen LogP contribution in [0.4, 0.5) is 4.39 Å². The summed E-state index contributed by atoms with van der Waals surface area (Å²) in [6.07, 6.45) is 1.36. The molecule has 0 saturated heterocycles. The zero-order valence-corrected chi connectivity index (χ0v) is 16.5. The highest BCUT2D eigenvalue weighted by atomic mass is 35.5. The van der Waals surface area contributed by atoms with Crippen LogP contribution in [-0.4, -0.2) is 26.2 Å². The van der Waals surface area contributed by atoms with Crippen molar-refractivity contribution in [3.8, 4) is 11.5 Å². The first-order valence-electron chi connectivity index (χ1n) is 8.53. The molecule has 3 N–H and O–H groups in total. The van der Waals surface area contributed by atoms with E-state index in [0.29, 0.717) is 23.5 Å². The largest absolute Gasteiger partial charge is 0.497 e. The van der Waals surface area contributed by atoms with Gasteiger partial charge in [0.15, 0.2) is 0 Å². The fourth-order valence-electron chi connectivity index (χ4n) is 2.78. The molecule has 7 heteroatoms. The Kier molecular flexibility index (Phi) is 9.05. The van der Waals surface area contributed by atoms with Crippen molar-refractivity contribution in [3.05, 3.63) is 59.4 Å². The van der Waals surface area contributed by atoms with Crippen LogP contribution in [0, 0.1) is 5.82 Å². The molecule has 2 unspecified atom stereocenters. The molecule has 0 aliphatic rings. The van der Waals surface area contributed by atoms with Gasteiger partial charge in [0.2, 0.25) is 5.91 Å². The summed E-state index contributed by atoms with van der Waals surface area (Å²) in [4.78, 5) is 12.5. The van der Waals surface area contributed by atoms with Crippen LogP contribution in [0.1, 0.15) is 36.9 Å². The van der Waals surface area contributed by atoms with Gasteiger partial charge in [0, 0.05) is 5.56 Å². The van der Waals surface area contributed by atoms with E-state index in [9.17, 15) is 9.18 Å². The standard InChI is InChI=1S/C20H25FN2O3.ClH/c1-4-6-17(22)20(24)23-19(13-7-5-8-15(11-13)25-2)16-12-14(21)9-10-18(16)26-3;/h5,7-12,17,19H,4,6,22H2,1-3H3,(H,23,24);1H. The third kappa shape index (κ3) is 5.84. The zero-order chi connectivity index (χ0) is 19.1. The first-order chi connectivity index (χ1) is 12.5. The second-order valence-corrected chi connectivity index (χ2v) is 6.00. The number of ether oxygens (including phenoxy) is 2. The molecule has 0 fully saturated rings. The minimum absolute atomic E-state index is 0. The van der Waals surface area contributed by atoms with Gasteiger partial charge < -0.3 is 20.5 Å². The highest BCUT2D eigenvalue weighted by Gasteiger charge is 2.24. The summed E-state index contributed by atoms with van der Waals surface area (Å²) in [5.41, 5.74) is 7.20. The molecule has 0 saturated carbocycles. The van der Waals surface area contributed by atoms with Gasteiger partial charge in [-0.1, -0.05) is 25.5 Å². The van der Waals surface area contributed by atoms with Crippen molar-refractivity contribution in [2.24, 2.45) is 5.73 Å². The molecular formula is C20H26ClFN2O3. The lowest BCUT2D eigenvalue weighted by Crippen LogP contribution is -2.42. The average Bonchev–Trinajstić information content (AvgIpc) is 2.66. The Morgan fingerprint density at radius 2 is 1.93 bits per heavy atom. The monoisotopic (exact) mass is 396 g/mol. The van der Waals surface area contributed by atoms with Gasteiger partial charge in [-0.25, -0.2) is 4.39 Å². The predicted octanol–water partition coefficient (Wildman–Crippen LogP) is 3.60. The number of carbonyl (C=O) groups excluding carboxylic acids is 1. The van der Waals surface area contributed by atoms with Crippen molar-refractivity contribution in [2.75, 3.05) is 14.2 Å².